The topological polar surface area (TPSA) is 96.0 Å². The Morgan fingerprint density at radius 3 is 2.62 bits per heavy atom. The van der Waals surface area contributed by atoms with Gasteiger partial charge in [-0.15, -0.1) is 0 Å². The molecular formula is C15H17N3O3. The van der Waals surface area contributed by atoms with Gasteiger partial charge in [0.25, 0.3) is 11.6 Å². The van der Waals surface area contributed by atoms with Crippen molar-refractivity contribution in [2.24, 2.45) is 0 Å². The molecule has 1 fully saturated rings. The highest BCUT2D eigenvalue weighted by Gasteiger charge is 2.35. The lowest BCUT2D eigenvalue weighted by Gasteiger charge is -2.31. The fourth-order valence-electron chi connectivity index (χ4n) is 2.79. The summed E-state index contributed by atoms with van der Waals surface area (Å²) in [5.74, 6) is -0.547. The predicted octanol–water partition coefficient (Wildman–Crippen LogP) is 2.86. The van der Waals surface area contributed by atoms with Crippen molar-refractivity contribution in [3.63, 3.8) is 0 Å². The Labute approximate surface area is 122 Å². The largest absolute Gasteiger partial charge is 0.333 e. The third kappa shape index (κ3) is 3.02. The highest BCUT2D eigenvalue weighted by molar-refractivity contribution is 5.99. The van der Waals surface area contributed by atoms with Crippen LogP contribution in [0.5, 0.6) is 0 Å². The Morgan fingerprint density at radius 1 is 1.38 bits per heavy atom. The van der Waals surface area contributed by atoms with Crippen molar-refractivity contribution >= 4 is 11.6 Å². The smallest absolute Gasteiger partial charge is 0.285 e. The minimum atomic E-state index is -0.896. The van der Waals surface area contributed by atoms with Crippen LogP contribution in [0.15, 0.2) is 18.2 Å². The maximum absolute atomic E-state index is 12.4. The quantitative estimate of drug-likeness (QED) is 0.682. The number of hydrogen-bond donors (Lipinski definition) is 1. The number of benzene rings is 1. The zero-order valence-corrected chi connectivity index (χ0v) is 11.9. The monoisotopic (exact) mass is 287 g/mol. The molecule has 0 spiro atoms. The van der Waals surface area contributed by atoms with Gasteiger partial charge in [0, 0.05) is 5.56 Å². The molecule has 1 aromatic rings. The Balaban J connectivity index is 2.31. The van der Waals surface area contributed by atoms with E-state index in [0.717, 1.165) is 19.3 Å². The lowest BCUT2D eigenvalue weighted by atomic mass is 9.82. The molecule has 0 bridgehead atoms. The molecule has 1 saturated carbocycles. The number of hydrogen-bond acceptors (Lipinski definition) is 4. The van der Waals surface area contributed by atoms with Crippen LogP contribution in [0.2, 0.25) is 0 Å². The van der Waals surface area contributed by atoms with Crippen LogP contribution in [-0.4, -0.2) is 16.4 Å². The summed E-state index contributed by atoms with van der Waals surface area (Å²) in [6.07, 6.45) is 3.99. The van der Waals surface area contributed by atoms with Gasteiger partial charge in [-0.05, 0) is 25.8 Å². The van der Waals surface area contributed by atoms with Gasteiger partial charge in [-0.2, -0.15) is 5.26 Å². The van der Waals surface area contributed by atoms with E-state index in [9.17, 15) is 20.2 Å². The summed E-state index contributed by atoms with van der Waals surface area (Å²) in [4.78, 5) is 23.0. The van der Waals surface area contributed by atoms with E-state index in [1.807, 2.05) is 0 Å². The highest BCUT2D eigenvalue weighted by atomic mass is 16.6. The van der Waals surface area contributed by atoms with Crippen LogP contribution in [0, 0.1) is 28.4 Å². The number of carbonyl (C=O) groups excluding carboxylic acids is 1. The van der Waals surface area contributed by atoms with Crippen LogP contribution >= 0.6 is 0 Å². The molecule has 1 aliphatic rings. The van der Waals surface area contributed by atoms with Gasteiger partial charge in [0.05, 0.1) is 11.0 Å². The minimum absolute atomic E-state index is 0.0141. The van der Waals surface area contributed by atoms with Crippen molar-refractivity contribution in [2.45, 2.75) is 44.6 Å². The van der Waals surface area contributed by atoms with Gasteiger partial charge >= 0.3 is 0 Å². The Morgan fingerprint density at radius 2 is 2.05 bits per heavy atom. The van der Waals surface area contributed by atoms with Crippen LogP contribution in [0.4, 0.5) is 5.69 Å². The second-order valence-corrected chi connectivity index (χ2v) is 5.44. The third-order valence-electron chi connectivity index (χ3n) is 3.94. The molecule has 21 heavy (non-hydrogen) atoms. The van der Waals surface area contributed by atoms with E-state index in [4.69, 9.17) is 0 Å². The molecule has 0 aliphatic heterocycles. The van der Waals surface area contributed by atoms with Crippen molar-refractivity contribution in [2.75, 3.05) is 0 Å². The molecule has 6 heteroatoms. The van der Waals surface area contributed by atoms with E-state index in [1.54, 1.807) is 19.1 Å². The first-order valence-electron chi connectivity index (χ1n) is 6.97. The number of aryl methyl sites for hydroxylation is 1. The molecule has 0 saturated heterocycles. The highest BCUT2D eigenvalue weighted by Crippen LogP contribution is 2.29. The summed E-state index contributed by atoms with van der Waals surface area (Å²) < 4.78 is 0. The zero-order valence-electron chi connectivity index (χ0n) is 11.9. The Hall–Kier alpha value is -2.42. The second kappa shape index (κ2) is 5.92. The molecule has 1 aliphatic carbocycles. The van der Waals surface area contributed by atoms with Gasteiger partial charge in [0.1, 0.15) is 11.1 Å². The number of rotatable bonds is 3. The summed E-state index contributed by atoms with van der Waals surface area (Å²) in [5.41, 5.74) is -0.645. The molecule has 0 unspecified atom stereocenters. The van der Waals surface area contributed by atoms with E-state index < -0.39 is 16.4 Å². The Kier molecular flexibility index (Phi) is 4.22. The van der Waals surface area contributed by atoms with Crippen LogP contribution < -0.4 is 5.32 Å². The minimum Gasteiger partial charge on any atom is -0.333 e. The summed E-state index contributed by atoms with van der Waals surface area (Å²) in [7, 11) is 0. The van der Waals surface area contributed by atoms with E-state index >= 15 is 0 Å². The van der Waals surface area contributed by atoms with Crippen molar-refractivity contribution in [3.8, 4) is 6.07 Å². The van der Waals surface area contributed by atoms with Gasteiger partial charge < -0.3 is 5.32 Å². The molecule has 0 aromatic heterocycles. The van der Waals surface area contributed by atoms with Crippen molar-refractivity contribution in [1.29, 1.82) is 5.26 Å². The molecule has 0 radical (unpaired) electrons. The molecule has 2 rings (SSSR count). The fraction of sp³-hybridized carbons (Fsp3) is 0.467. The molecule has 6 nitrogen and oxygen atoms in total. The number of nitrogens with one attached hydrogen (secondary N) is 1. The standard InChI is InChI=1S/C15H17N3O3/c1-11-6-5-7-12(13(11)18(20)21)14(19)17-15(10-16)8-3-2-4-9-15/h5-7H,2-4,8-9H2,1H3,(H,17,19). The zero-order chi connectivity index (χ0) is 15.5. The number of nitrogens with zero attached hydrogens (tertiary/aromatic N) is 2. The number of nitro groups is 1. The second-order valence-electron chi connectivity index (χ2n) is 5.44. The maximum Gasteiger partial charge on any atom is 0.285 e. The first-order chi connectivity index (χ1) is 9.99. The van der Waals surface area contributed by atoms with Crippen molar-refractivity contribution < 1.29 is 9.72 Å². The third-order valence-corrected chi connectivity index (χ3v) is 3.94. The summed E-state index contributed by atoms with van der Waals surface area (Å²) in [6, 6.07) is 6.81. The maximum atomic E-state index is 12.4. The van der Waals surface area contributed by atoms with Gasteiger partial charge in [-0.25, -0.2) is 0 Å². The number of para-hydroxylation sites is 1. The van der Waals surface area contributed by atoms with E-state index in [2.05, 4.69) is 11.4 Å². The van der Waals surface area contributed by atoms with Gasteiger partial charge in [-0.1, -0.05) is 31.4 Å². The molecule has 110 valence electrons. The van der Waals surface area contributed by atoms with Crippen LogP contribution in [0.25, 0.3) is 0 Å². The average Bonchev–Trinajstić information content (AvgIpc) is 2.47. The number of nitro benzene ring substituents is 1. The van der Waals surface area contributed by atoms with Crippen LogP contribution in [0.3, 0.4) is 0 Å². The van der Waals surface area contributed by atoms with E-state index in [0.29, 0.717) is 18.4 Å². The SMILES string of the molecule is Cc1cccc(C(=O)NC2(C#N)CCCCC2)c1[N+](=O)[O-]. The fourth-order valence-corrected chi connectivity index (χ4v) is 2.79. The summed E-state index contributed by atoms with van der Waals surface area (Å²) in [5, 5.41) is 23.2. The molecule has 1 aromatic carbocycles. The summed E-state index contributed by atoms with van der Waals surface area (Å²) in [6.45, 7) is 1.59. The normalized spacial score (nSPS) is 16.8. The van der Waals surface area contributed by atoms with Gasteiger partial charge in [-0.3, -0.25) is 14.9 Å². The Bertz CT molecular complexity index is 613. The number of amides is 1. The average molecular weight is 287 g/mol. The predicted molar refractivity (Wildman–Crippen MR) is 76.7 cm³/mol. The molecular weight excluding hydrogens is 270 g/mol. The summed E-state index contributed by atoms with van der Waals surface area (Å²) >= 11 is 0. The van der Waals surface area contributed by atoms with Crippen LogP contribution in [0.1, 0.15) is 48.0 Å². The first kappa shape index (κ1) is 15.0. The lowest BCUT2D eigenvalue weighted by Crippen LogP contribution is -2.48. The molecule has 0 atom stereocenters. The number of carbonyl (C=O) groups is 1. The molecule has 0 heterocycles. The van der Waals surface area contributed by atoms with E-state index in [1.165, 1.54) is 6.07 Å². The van der Waals surface area contributed by atoms with Crippen LogP contribution in [-0.2, 0) is 0 Å². The van der Waals surface area contributed by atoms with Gasteiger partial charge in [0.2, 0.25) is 0 Å². The first-order valence-corrected chi connectivity index (χ1v) is 6.97. The number of nitriles is 1. The molecule has 1 amide bonds. The van der Waals surface area contributed by atoms with Crippen molar-refractivity contribution in [3.05, 3.63) is 39.4 Å². The van der Waals surface area contributed by atoms with Crippen molar-refractivity contribution in [1.82, 2.24) is 5.32 Å². The van der Waals surface area contributed by atoms with Gasteiger partial charge in [0.15, 0.2) is 0 Å². The molecule has 1 N–H and O–H groups in total. The lowest BCUT2D eigenvalue weighted by molar-refractivity contribution is -0.385. The van der Waals surface area contributed by atoms with E-state index in [-0.39, 0.29) is 11.3 Å².